The predicted octanol–water partition coefficient (Wildman–Crippen LogP) is 2.22. The number of hydrogen-bond acceptors (Lipinski definition) is 4. The number of hydrogen-bond donors (Lipinski definition) is 2. The molecule has 1 aliphatic rings. The fraction of sp³-hybridized carbons (Fsp3) is 0.643. The van der Waals surface area contributed by atoms with Crippen LogP contribution in [0.3, 0.4) is 0 Å². The summed E-state index contributed by atoms with van der Waals surface area (Å²) in [6, 6.07) is 3.53. The molecule has 5 heteroatoms. The van der Waals surface area contributed by atoms with Crippen molar-refractivity contribution in [2.75, 3.05) is 18.4 Å². The number of carbonyl (C=O) groups is 1. The highest BCUT2D eigenvalue weighted by molar-refractivity contribution is 5.92. The first-order valence-corrected chi connectivity index (χ1v) is 7.05. The van der Waals surface area contributed by atoms with Crippen LogP contribution in [-0.4, -0.2) is 29.2 Å². The van der Waals surface area contributed by atoms with Gasteiger partial charge in [-0.05, 0) is 43.7 Å². The third kappa shape index (κ3) is 3.22. The lowest BCUT2D eigenvalue weighted by Gasteiger charge is -2.41. The zero-order valence-electron chi connectivity index (χ0n) is 11.7. The Hall–Kier alpha value is -1.65. The highest BCUT2D eigenvalue weighted by atomic mass is 16.1. The van der Waals surface area contributed by atoms with Crippen LogP contribution in [0.2, 0.25) is 0 Å². The fourth-order valence-corrected chi connectivity index (χ4v) is 2.41. The van der Waals surface area contributed by atoms with Crippen LogP contribution < -0.4 is 10.6 Å². The number of amides is 1. The molecular weight excluding hydrogens is 240 g/mol. The Morgan fingerprint density at radius 1 is 1.32 bits per heavy atom. The molecule has 1 fully saturated rings. The Bertz CT molecular complexity index is 420. The average molecular weight is 262 g/mol. The summed E-state index contributed by atoms with van der Waals surface area (Å²) >= 11 is 0. The Labute approximate surface area is 114 Å². The Morgan fingerprint density at radius 3 is 2.58 bits per heavy atom. The minimum Gasteiger partial charge on any atom is -0.368 e. The summed E-state index contributed by atoms with van der Waals surface area (Å²) in [5, 5.41) is 14.0. The van der Waals surface area contributed by atoms with Crippen LogP contribution in [0, 0.1) is 5.41 Å². The first kappa shape index (κ1) is 13.8. The van der Waals surface area contributed by atoms with Crippen molar-refractivity contribution in [2.45, 2.75) is 39.5 Å². The van der Waals surface area contributed by atoms with Gasteiger partial charge in [-0.15, -0.1) is 10.2 Å². The summed E-state index contributed by atoms with van der Waals surface area (Å²) in [5.74, 6) is 0.568. The van der Waals surface area contributed by atoms with Crippen molar-refractivity contribution < 1.29 is 4.79 Å². The molecule has 2 N–H and O–H groups in total. The van der Waals surface area contributed by atoms with Gasteiger partial charge in [-0.1, -0.05) is 13.3 Å². The van der Waals surface area contributed by atoms with Crippen molar-refractivity contribution in [3.8, 4) is 0 Å². The molecule has 0 atom stereocenters. The number of rotatable bonds is 6. The van der Waals surface area contributed by atoms with E-state index in [9.17, 15) is 4.79 Å². The Balaban J connectivity index is 1.90. The second-order valence-corrected chi connectivity index (χ2v) is 5.22. The molecule has 1 aliphatic carbocycles. The van der Waals surface area contributed by atoms with E-state index in [0.717, 1.165) is 12.4 Å². The zero-order valence-corrected chi connectivity index (χ0v) is 11.7. The largest absolute Gasteiger partial charge is 0.368 e. The molecular formula is C14H22N4O. The molecule has 2 rings (SSSR count). The van der Waals surface area contributed by atoms with Gasteiger partial charge in [-0.3, -0.25) is 4.79 Å². The lowest BCUT2D eigenvalue weighted by atomic mass is 9.67. The number of nitrogens with one attached hydrogen (secondary N) is 2. The van der Waals surface area contributed by atoms with Gasteiger partial charge in [-0.2, -0.15) is 0 Å². The van der Waals surface area contributed by atoms with Crippen molar-refractivity contribution in [3.63, 3.8) is 0 Å². The average Bonchev–Trinajstić information content (AvgIpc) is 2.39. The second kappa shape index (κ2) is 5.99. The summed E-state index contributed by atoms with van der Waals surface area (Å²) in [5.41, 5.74) is 0.807. The topological polar surface area (TPSA) is 66.9 Å². The molecule has 0 aliphatic heterocycles. The Morgan fingerprint density at radius 2 is 2.11 bits per heavy atom. The highest BCUT2D eigenvalue weighted by Gasteiger charge is 2.34. The summed E-state index contributed by atoms with van der Waals surface area (Å²) < 4.78 is 0. The van der Waals surface area contributed by atoms with E-state index in [1.54, 1.807) is 6.07 Å². The van der Waals surface area contributed by atoms with Crippen LogP contribution in [0.15, 0.2) is 12.1 Å². The molecule has 0 unspecified atom stereocenters. The maximum atomic E-state index is 11.5. The van der Waals surface area contributed by atoms with E-state index in [-0.39, 0.29) is 5.91 Å². The van der Waals surface area contributed by atoms with E-state index in [2.05, 4.69) is 27.8 Å². The third-order valence-electron chi connectivity index (χ3n) is 4.04. The van der Waals surface area contributed by atoms with Gasteiger partial charge in [0.05, 0.1) is 0 Å². The minimum atomic E-state index is -0.175. The molecule has 0 spiro atoms. The minimum absolute atomic E-state index is 0.175. The second-order valence-electron chi connectivity index (χ2n) is 5.22. The molecule has 0 radical (unpaired) electrons. The molecule has 1 aromatic rings. The number of aromatic nitrogens is 2. The molecule has 0 saturated heterocycles. The standard InChI is InChI=1S/C14H22N4O/c1-3-14(8-5-9-14)10-16-12-7-6-11(17-18-12)13(19)15-4-2/h6-7H,3-5,8-10H2,1-2H3,(H,15,19)(H,16,18). The van der Waals surface area contributed by atoms with E-state index in [0.29, 0.717) is 17.7 Å². The van der Waals surface area contributed by atoms with E-state index in [4.69, 9.17) is 0 Å². The van der Waals surface area contributed by atoms with Crippen molar-refractivity contribution in [3.05, 3.63) is 17.8 Å². The van der Waals surface area contributed by atoms with Crippen molar-refractivity contribution >= 4 is 11.7 Å². The highest BCUT2D eigenvalue weighted by Crippen LogP contribution is 2.43. The monoisotopic (exact) mass is 262 g/mol. The molecule has 104 valence electrons. The maximum absolute atomic E-state index is 11.5. The van der Waals surface area contributed by atoms with Crippen LogP contribution in [-0.2, 0) is 0 Å². The first-order chi connectivity index (χ1) is 9.19. The molecule has 0 bridgehead atoms. The van der Waals surface area contributed by atoms with Gasteiger partial charge < -0.3 is 10.6 Å². The first-order valence-electron chi connectivity index (χ1n) is 7.05. The third-order valence-corrected chi connectivity index (χ3v) is 4.04. The smallest absolute Gasteiger partial charge is 0.271 e. The van der Waals surface area contributed by atoms with Gasteiger partial charge in [0.2, 0.25) is 0 Å². The summed E-state index contributed by atoms with van der Waals surface area (Å²) in [6.45, 7) is 5.66. The number of anilines is 1. The molecule has 1 amide bonds. The van der Waals surface area contributed by atoms with Crippen LogP contribution in [0.25, 0.3) is 0 Å². The van der Waals surface area contributed by atoms with Gasteiger partial charge in [0, 0.05) is 13.1 Å². The molecule has 5 nitrogen and oxygen atoms in total. The van der Waals surface area contributed by atoms with Gasteiger partial charge >= 0.3 is 0 Å². The molecule has 1 saturated carbocycles. The SMILES string of the molecule is CCNC(=O)c1ccc(NCC2(CC)CCC2)nn1. The normalized spacial score (nSPS) is 16.5. The van der Waals surface area contributed by atoms with Crippen LogP contribution in [0.5, 0.6) is 0 Å². The van der Waals surface area contributed by atoms with Gasteiger partial charge in [0.15, 0.2) is 5.69 Å². The molecule has 1 heterocycles. The van der Waals surface area contributed by atoms with Crippen LogP contribution in [0.4, 0.5) is 5.82 Å². The number of nitrogens with zero attached hydrogens (tertiary/aromatic N) is 2. The van der Waals surface area contributed by atoms with Gasteiger partial charge in [-0.25, -0.2) is 0 Å². The molecule has 19 heavy (non-hydrogen) atoms. The lowest BCUT2D eigenvalue weighted by molar-refractivity contribution is 0.0950. The quantitative estimate of drug-likeness (QED) is 0.825. The van der Waals surface area contributed by atoms with Crippen molar-refractivity contribution in [2.24, 2.45) is 5.41 Å². The van der Waals surface area contributed by atoms with E-state index in [1.165, 1.54) is 25.7 Å². The molecule has 0 aromatic carbocycles. The van der Waals surface area contributed by atoms with Gasteiger partial charge in [0.1, 0.15) is 5.82 Å². The number of carbonyl (C=O) groups excluding carboxylic acids is 1. The van der Waals surface area contributed by atoms with E-state index < -0.39 is 0 Å². The summed E-state index contributed by atoms with van der Waals surface area (Å²) in [7, 11) is 0. The zero-order chi connectivity index (χ0) is 13.7. The van der Waals surface area contributed by atoms with Crippen LogP contribution in [0.1, 0.15) is 50.0 Å². The van der Waals surface area contributed by atoms with Crippen molar-refractivity contribution in [1.29, 1.82) is 0 Å². The van der Waals surface area contributed by atoms with E-state index in [1.807, 2.05) is 13.0 Å². The van der Waals surface area contributed by atoms with Crippen molar-refractivity contribution in [1.82, 2.24) is 15.5 Å². The summed E-state index contributed by atoms with van der Waals surface area (Å²) in [4.78, 5) is 11.5. The van der Waals surface area contributed by atoms with E-state index >= 15 is 0 Å². The lowest BCUT2D eigenvalue weighted by Crippen LogP contribution is -2.36. The van der Waals surface area contributed by atoms with Gasteiger partial charge in [0.25, 0.3) is 5.91 Å². The predicted molar refractivity (Wildman–Crippen MR) is 75.1 cm³/mol. The fourth-order valence-electron chi connectivity index (χ4n) is 2.41. The Kier molecular flexibility index (Phi) is 4.35. The maximum Gasteiger partial charge on any atom is 0.271 e. The summed E-state index contributed by atoms with van der Waals surface area (Å²) in [6.07, 6.45) is 5.11. The molecule has 1 aromatic heterocycles. The van der Waals surface area contributed by atoms with Crippen LogP contribution >= 0.6 is 0 Å².